The minimum absolute atomic E-state index is 0.0832. The van der Waals surface area contributed by atoms with Crippen molar-refractivity contribution in [1.29, 1.82) is 0 Å². The Hall–Kier alpha value is 0.250. The molecule has 0 N–H and O–H groups in total. The van der Waals surface area contributed by atoms with E-state index in [0.717, 1.165) is 17.8 Å². The van der Waals surface area contributed by atoms with Crippen LogP contribution in [0.2, 0.25) is 0 Å². The van der Waals surface area contributed by atoms with Gasteiger partial charge in [-0.1, -0.05) is 0 Å². The zero-order valence-electron chi connectivity index (χ0n) is 9.00. The van der Waals surface area contributed by atoms with Crippen LogP contribution in [0.15, 0.2) is 0 Å². The van der Waals surface area contributed by atoms with Crippen molar-refractivity contribution in [3.8, 4) is 0 Å². The van der Waals surface area contributed by atoms with E-state index in [1.54, 1.807) is 0 Å². The fraction of sp³-hybridized carbons (Fsp3) is 1.00. The van der Waals surface area contributed by atoms with Crippen LogP contribution >= 0.6 is 11.6 Å². The number of halogens is 1. The van der Waals surface area contributed by atoms with E-state index < -0.39 is 0 Å². The second-order valence-electron chi connectivity index (χ2n) is 5.70. The Kier molecular flexibility index (Phi) is 1.95. The van der Waals surface area contributed by atoms with Crippen LogP contribution in [0.1, 0.15) is 32.6 Å². The molecule has 0 aromatic rings. The number of hydrogen-bond acceptors (Lipinski definition) is 1. The third-order valence-corrected chi connectivity index (χ3v) is 5.91. The van der Waals surface area contributed by atoms with E-state index in [1.807, 2.05) is 7.11 Å². The molecule has 0 radical (unpaired) electrons. The fourth-order valence-corrected chi connectivity index (χ4v) is 4.95. The minimum Gasteiger partial charge on any atom is -0.378 e. The van der Waals surface area contributed by atoms with Crippen molar-refractivity contribution >= 4 is 11.6 Å². The van der Waals surface area contributed by atoms with Gasteiger partial charge in [0, 0.05) is 18.4 Å². The van der Waals surface area contributed by atoms with Gasteiger partial charge in [0.25, 0.3) is 0 Å². The number of ether oxygens (including phenoxy) is 1. The highest BCUT2D eigenvalue weighted by atomic mass is 35.5. The van der Waals surface area contributed by atoms with Crippen molar-refractivity contribution in [2.75, 3.05) is 7.11 Å². The smallest absolute Gasteiger partial charge is 0.0721 e. The quantitative estimate of drug-likeness (QED) is 0.610. The molecule has 6 unspecified atom stereocenters. The highest BCUT2D eigenvalue weighted by Gasteiger charge is 2.59. The van der Waals surface area contributed by atoms with E-state index >= 15 is 0 Å². The summed E-state index contributed by atoms with van der Waals surface area (Å²) < 4.78 is 5.80. The summed E-state index contributed by atoms with van der Waals surface area (Å²) >= 11 is 6.55. The summed E-state index contributed by atoms with van der Waals surface area (Å²) in [5.41, 5.74) is 0.0832. The third kappa shape index (κ3) is 1.01. The molecule has 4 saturated carbocycles. The number of hydrogen-bond donors (Lipinski definition) is 0. The average Bonchev–Trinajstić information content (AvgIpc) is 2.20. The van der Waals surface area contributed by atoms with E-state index in [2.05, 4.69) is 6.92 Å². The van der Waals surface area contributed by atoms with Gasteiger partial charge in [-0.15, -0.1) is 11.6 Å². The second-order valence-corrected chi connectivity index (χ2v) is 6.21. The molecule has 2 heteroatoms. The molecule has 1 nitrogen and oxygen atoms in total. The average molecular weight is 215 g/mol. The fourth-order valence-electron chi connectivity index (χ4n) is 4.39. The Balaban J connectivity index is 1.97. The molecule has 0 heterocycles. The van der Waals surface area contributed by atoms with Gasteiger partial charge >= 0.3 is 0 Å². The normalized spacial score (nSPS) is 60.6. The van der Waals surface area contributed by atoms with E-state index in [0.29, 0.717) is 11.3 Å². The topological polar surface area (TPSA) is 9.23 Å². The number of rotatable bonds is 1. The van der Waals surface area contributed by atoms with Crippen LogP contribution < -0.4 is 0 Å². The molecular weight excluding hydrogens is 196 g/mol. The lowest BCUT2D eigenvalue weighted by Crippen LogP contribution is -2.61. The lowest BCUT2D eigenvalue weighted by atomic mass is 9.50. The van der Waals surface area contributed by atoms with Crippen LogP contribution in [0.5, 0.6) is 0 Å². The summed E-state index contributed by atoms with van der Waals surface area (Å²) in [6.07, 6.45) is 5.40. The Morgan fingerprint density at radius 1 is 1.21 bits per heavy atom. The molecular formula is C12H19ClO. The molecule has 4 bridgehead atoms. The van der Waals surface area contributed by atoms with Crippen molar-refractivity contribution < 1.29 is 4.74 Å². The van der Waals surface area contributed by atoms with E-state index in [1.165, 1.54) is 25.7 Å². The first kappa shape index (κ1) is 9.47. The molecule has 6 atom stereocenters. The molecule has 14 heavy (non-hydrogen) atoms. The van der Waals surface area contributed by atoms with E-state index in [-0.39, 0.29) is 5.60 Å². The second kappa shape index (κ2) is 2.89. The summed E-state index contributed by atoms with van der Waals surface area (Å²) in [6.45, 7) is 2.29. The maximum Gasteiger partial charge on any atom is 0.0721 e. The van der Waals surface area contributed by atoms with Gasteiger partial charge in [-0.3, -0.25) is 0 Å². The molecule has 80 valence electrons. The summed E-state index contributed by atoms with van der Waals surface area (Å²) in [5, 5.41) is 0.382. The summed E-state index contributed by atoms with van der Waals surface area (Å²) in [4.78, 5) is 0. The Bertz CT molecular complexity index is 255. The molecule has 0 aromatic heterocycles. The van der Waals surface area contributed by atoms with Crippen LogP contribution in [0.3, 0.4) is 0 Å². The third-order valence-electron chi connectivity index (χ3n) is 5.25. The van der Waals surface area contributed by atoms with Gasteiger partial charge in [0.15, 0.2) is 0 Å². The predicted molar refractivity (Wildman–Crippen MR) is 57.5 cm³/mol. The molecule has 0 spiro atoms. The van der Waals surface area contributed by atoms with Crippen LogP contribution in [0.25, 0.3) is 0 Å². The van der Waals surface area contributed by atoms with Gasteiger partial charge in [0.2, 0.25) is 0 Å². The summed E-state index contributed by atoms with van der Waals surface area (Å²) in [7, 11) is 1.87. The van der Waals surface area contributed by atoms with Gasteiger partial charge in [0.05, 0.1) is 5.60 Å². The van der Waals surface area contributed by atoms with Crippen molar-refractivity contribution in [3.05, 3.63) is 0 Å². The van der Waals surface area contributed by atoms with Gasteiger partial charge in [-0.05, 0) is 50.4 Å². The van der Waals surface area contributed by atoms with Gasteiger partial charge in [-0.2, -0.15) is 0 Å². The molecule has 4 rings (SSSR count). The van der Waals surface area contributed by atoms with Gasteiger partial charge in [0.1, 0.15) is 0 Å². The lowest BCUT2D eigenvalue weighted by Gasteiger charge is -2.61. The Morgan fingerprint density at radius 3 is 2.71 bits per heavy atom. The molecule has 0 aromatic carbocycles. The van der Waals surface area contributed by atoms with Crippen molar-refractivity contribution in [2.45, 2.75) is 43.6 Å². The van der Waals surface area contributed by atoms with Crippen molar-refractivity contribution in [2.24, 2.45) is 23.7 Å². The zero-order chi connectivity index (χ0) is 9.92. The first-order valence-corrected chi connectivity index (χ1v) is 6.28. The monoisotopic (exact) mass is 214 g/mol. The van der Waals surface area contributed by atoms with E-state index in [9.17, 15) is 0 Å². The molecule has 0 aliphatic heterocycles. The first-order chi connectivity index (χ1) is 6.65. The lowest BCUT2D eigenvalue weighted by molar-refractivity contribution is -0.176. The molecule has 0 amide bonds. The SMILES string of the molecule is COC1(C)C2CC3CC(C2)C(Cl)C1C3. The van der Waals surface area contributed by atoms with Crippen LogP contribution in [0, 0.1) is 23.7 Å². The summed E-state index contributed by atoms with van der Waals surface area (Å²) in [6, 6.07) is 0. The van der Waals surface area contributed by atoms with Crippen molar-refractivity contribution in [1.82, 2.24) is 0 Å². The minimum atomic E-state index is 0.0832. The van der Waals surface area contributed by atoms with Crippen LogP contribution in [-0.2, 0) is 4.74 Å². The van der Waals surface area contributed by atoms with Crippen LogP contribution in [-0.4, -0.2) is 18.1 Å². The van der Waals surface area contributed by atoms with Gasteiger partial charge < -0.3 is 4.74 Å². The Morgan fingerprint density at radius 2 is 2.00 bits per heavy atom. The van der Waals surface area contributed by atoms with E-state index in [4.69, 9.17) is 16.3 Å². The van der Waals surface area contributed by atoms with Crippen molar-refractivity contribution in [3.63, 3.8) is 0 Å². The number of alkyl halides is 1. The number of methoxy groups -OCH3 is 1. The highest BCUT2D eigenvalue weighted by Crippen LogP contribution is 2.60. The maximum absolute atomic E-state index is 6.55. The highest BCUT2D eigenvalue weighted by molar-refractivity contribution is 6.21. The maximum atomic E-state index is 6.55. The largest absolute Gasteiger partial charge is 0.378 e. The van der Waals surface area contributed by atoms with Crippen LogP contribution in [0.4, 0.5) is 0 Å². The standard InChI is InChI=1S/C12H19ClO/c1-12(14-2)9-4-7-3-8(6-9)11(13)10(12)5-7/h7-11H,3-6H2,1-2H3. The molecule has 4 fully saturated rings. The zero-order valence-corrected chi connectivity index (χ0v) is 9.76. The summed E-state index contributed by atoms with van der Waals surface area (Å²) in [5.74, 6) is 3.15. The molecule has 4 aliphatic carbocycles. The predicted octanol–water partition coefficient (Wildman–Crippen LogP) is 3.06. The first-order valence-electron chi connectivity index (χ1n) is 5.84. The Labute approximate surface area is 91.2 Å². The molecule has 4 aliphatic rings. The van der Waals surface area contributed by atoms with Gasteiger partial charge in [-0.25, -0.2) is 0 Å². The molecule has 0 saturated heterocycles.